The first kappa shape index (κ1) is 17.4. The lowest BCUT2D eigenvalue weighted by Gasteiger charge is -2.25. The van der Waals surface area contributed by atoms with E-state index >= 15 is 0 Å². The van der Waals surface area contributed by atoms with E-state index in [-0.39, 0.29) is 41.2 Å². The van der Waals surface area contributed by atoms with Gasteiger partial charge >= 0.3 is 12.1 Å². The van der Waals surface area contributed by atoms with Crippen molar-refractivity contribution in [2.75, 3.05) is 0 Å². The van der Waals surface area contributed by atoms with Gasteiger partial charge in [-0.1, -0.05) is 6.92 Å². The van der Waals surface area contributed by atoms with Crippen molar-refractivity contribution in [1.82, 2.24) is 4.98 Å². The van der Waals surface area contributed by atoms with Gasteiger partial charge in [-0.05, 0) is 30.5 Å². The fourth-order valence-corrected chi connectivity index (χ4v) is 3.01. The van der Waals surface area contributed by atoms with Gasteiger partial charge in [0.15, 0.2) is 12.2 Å². The quantitative estimate of drug-likeness (QED) is 0.781. The minimum absolute atomic E-state index is 0.0298. The van der Waals surface area contributed by atoms with Crippen LogP contribution < -0.4 is 0 Å². The van der Waals surface area contributed by atoms with Crippen LogP contribution in [0.2, 0.25) is 0 Å². The molecule has 1 heterocycles. The number of halogens is 3. The van der Waals surface area contributed by atoms with Crippen molar-refractivity contribution in [1.29, 1.82) is 0 Å². The van der Waals surface area contributed by atoms with Crippen LogP contribution in [0.3, 0.4) is 0 Å². The van der Waals surface area contributed by atoms with E-state index in [0.29, 0.717) is 19.3 Å². The second-order valence-corrected chi connectivity index (χ2v) is 6.26. The van der Waals surface area contributed by atoms with Gasteiger partial charge in [-0.15, -0.1) is 0 Å². The van der Waals surface area contributed by atoms with E-state index < -0.39 is 17.7 Å². The standard InChI is InChI=1S/C17H16F3NO4/c1-9-6-11(22)3-4-12(9)16(23)24-8-15-21-13-7-10(17(18,19)20)2-5-14(13)25-15/h2,5,7,9,12H,3-4,6,8H2,1H3/t9-,12+/m0/s1. The van der Waals surface area contributed by atoms with Crippen LogP contribution in [0.1, 0.15) is 37.6 Å². The summed E-state index contributed by atoms with van der Waals surface area (Å²) in [6.07, 6.45) is -3.31. The number of benzene rings is 1. The topological polar surface area (TPSA) is 69.4 Å². The number of carbonyl (C=O) groups excluding carboxylic acids is 2. The smallest absolute Gasteiger partial charge is 0.416 e. The average molecular weight is 355 g/mol. The Balaban J connectivity index is 1.67. The fourth-order valence-electron chi connectivity index (χ4n) is 3.01. The number of fused-ring (bicyclic) bond motifs is 1. The molecule has 2 atom stereocenters. The normalized spacial score (nSPS) is 21.5. The molecule has 25 heavy (non-hydrogen) atoms. The van der Waals surface area contributed by atoms with Gasteiger partial charge in [0.25, 0.3) is 0 Å². The molecule has 0 saturated heterocycles. The van der Waals surface area contributed by atoms with Crippen LogP contribution in [0, 0.1) is 11.8 Å². The molecule has 1 aliphatic carbocycles. The largest absolute Gasteiger partial charge is 0.455 e. The molecule has 0 aliphatic heterocycles. The van der Waals surface area contributed by atoms with Crippen LogP contribution in [0.25, 0.3) is 11.1 Å². The zero-order valence-corrected chi connectivity index (χ0v) is 13.4. The molecule has 1 saturated carbocycles. The van der Waals surface area contributed by atoms with Crippen LogP contribution in [-0.2, 0) is 27.1 Å². The lowest BCUT2D eigenvalue weighted by molar-refractivity contribution is -0.154. The number of alkyl halides is 3. The Labute approximate surface area is 141 Å². The zero-order chi connectivity index (χ0) is 18.2. The molecular weight excluding hydrogens is 339 g/mol. The van der Waals surface area contributed by atoms with E-state index in [9.17, 15) is 22.8 Å². The van der Waals surface area contributed by atoms with E-state index in [1.54, 1.807) is 0 Å². The number of hydrogen-bond acceptors (Lipinski definition) is 5. The Bertz CT molecular complexity index is 812. The van der Waals surface area contributed by atoms with Gasteiger partial charge in [-0.2, -0.15) is 13.2 Å². The summed E-state index contributed by atoms with van der Waals surface area (Å²) in [7, 11) is 0. The number of Topliss-reactive ketones (excluding diaryl/α,β-unsaturated/α-hetero) is 1. The summed E-state index contributed by atoms with van der Waals surface area (Å²) in [4.78, 5) is 27.4. The number of esters is 1. The Morgan fingerprint density at radius 2 is 2.16 bits per heavy atom. The average Bonchev–Trinajstić information content (AvgIpc) is 2.93. The van der Waals surface area contributed by atoms with Crippen molar-refractivity contribution >= 4 is 22.9 Å². The molecule has 0 amide bonds. The molecule has 3 rings (SSSR count). The lowest BCUT2D eigenvalue weighted by atomic mass is 9.80. The monoisotopic (exact) mass is 355 g/mol. The SMILES string of the molecule is C[C@H]1CC(=O)CC[C@H]1C(=O)OCc1nc2cc(C(F)(F)F)ccc2o1. The lowest BCUT2D eigenvalue weighted by Crippen LogP contribution is -2.30. The number of ether oxygens (including phenoxy) is 1. The molecule has 1 aliphatic rings. The van der Waals surface area contributed by atoms with Crippen molar-refractivity contribution in [3.05, 3.63) is 29.7 Å². The Kier molecular flexibility index (Phi) is 4.53. The fraction of sp³-hybridized carbons (Fsp3) is 0.471. The third kappa shape index (κ3) is 3.83. The highest BCUT2D eigenvalue weighted by Crippen LogP contribution is 2.32. The third-order valence-corrected chi connectivity index (χ3v) is 4.37. The minimum Gasteiger partial charge on any atom is -0.455 e. The summed E-state index contributed by atoms with van der Waals surface area (Å²) in [6.45, 7) is 1.56. The molecule has 0 spiro atoms. The Hall–Kier alpha value is -2.38. The third-order valence-electron chi connectivity index (χ3n) is 4.37. The van der Waals surface area contributed by atoms with Crippen LogP contribution in [0.15, 0.2) is 22.6 Å². The van der Waals surface area contributed by atoms with Crippen molar-refractivity contribution in [3.8, 4) is 0 Å². The zero-order valence-electron chi connectivity index (χ0n) is 13.4. The number of rotatable bonds is 3. The van der Waals surface area contributed by atoms with Gasteiger partial charge < -0.3 is 9.15 Å². The van der Waals surface area contributed by atoms with Gasteiger partial charge in [0.2, 0.25) is 5.89 Å². The highest BCUT2D eigenvalue weighted by atomic mass is 19.4. The summed E-state index contributed by atoms with van der Waals surface area (Å²) >= 11 is 0. The maximum Gasteiger partial charge on any atom is 0.416 e. The number of hydrogen-bond donors (Lipinski definition) is 0. The highest BCUT2D eigenvalue weighted by molar-refractivity contribution is 5.83. The molecule has 134 valence electrons. The number of aromatic nitrogens is 1. The maximum absolute atomic E-state index is 12.7. The molecule has 8 heteroatoms. The molecule has 0 N–H and O–H groups in total. The van der Waals surface area contributed by atoms with Crippen LogP contribution in [0.5, 0.6) is 0 Å². The van der Waals surface area contributed by atoms with Gasteiger partial charge in [-0.3, -0.25) is 9.59 Å². The molecule has 1 aromatic heterocycles. The predicted octanol–water partition coefficient (Wildman–Crippen LogP) is 3.90. The van der Waals surface area contributed by atoms with Crippen molar-refractivity contribution < 1.29 is 31.9 Å². The second-order valence-electron chi connectivity index (χ2n) is 6.26. The van der Waals surface area contributed by atoms with Gasteiger partial charge in [0, 0.05) is 12.8 Å². The summed E-state index contributed by atoms with van der Waals surface area (Å²) < 4.78 is 48.6. The molecule has 0 bridgehead atoms. The van der Waals surface area contributed by atoms with Crippen molar-refractivity contribution in [2.24, 2.45) is 11.8 Å². The number of nitrogens with zero attached hydrogens (tertiary/aromatic N) is 1. The van der Waals surface area contributed by atoms with Gasteiger partial charge in [0.05, 0.1) is 11.5 Å². The summed E-state index contributed by atoms with van der Waals surface area (Å²) in [6, 6.07) is 2.98. The molecule has 5 nitrogen and oxygen atoms in total. The summed E-state index contributed by atoms with van der Waals surface area (Å²) in [5, 5.41) is 0. The van der Waals surface area contributed by atoms with Crippen LogP contribution in [-0.4, -0.2) is 16.7 Å². The van der Waals surface area contributed by atoms with E-state index in [2.05, 4.69) is 4.98 Å². The molecule has 1 fully saturated rings. The molecular formula is C17H16F3NO4. The minimum atomic E-state index is -4.46. The van der Waals surface area contributed by atoms with Gasteiger partial charge in [-0.25, -0.2) is 4.98 Å². The van der Waals surface area contributed by atoms with Gasteiger partial charge in [0.1, 0.15) is 11.3 Å². The van der Waals surface area contributed by atoms with E-state index in [1.807, 2.05) is 6.92 Å². The number of ketones is 1. The first-order valence-electron chi connectivity index (χ1n) is 7.89. The molecule has 1 aromatic carbocycles. The predicted molar refractivity (Wildman–Crippen MR) is 80.3 cm³/mol. The number of carbonyl (C=O) groups is 2. The van der Waals surface area contributed by atoms with E-state index in [0.717, 1.165) is 12.1 Å². The number of oxazole rings is 1. The summed E-state index contributed by atoms with van der Waals surface area (Å²) in [5.41, 5.74) is -0.578. The second kappa shape index (κ2) is 6.50. The van der Waals surface area contributed by atoms with Crippen LogP contribution >= 0.6 is 0 Å². The van der Waals surface area contributed by atoms with Crippen molar-refractivity contribution in [3.63, 3.8) is 0 Å². The van der Waals surface area contributed by atoms with Crippen LogP contribution in [0.4, 0.5) is 13.2 Å². The maximum atomic E-state index is 12.7. The van der Waals surface area contributed by atoms with E-state index in [1.165, 1.54) is 6.07 Å². The first-order valence-corrected chi connectivity index (χ1v) is 7.89. The first-order chi connectivity index (χ1) is 11.7. The highest BCUT2D eigenvalue weighted by Gasteiger charge is 2.33. The Morgan fingerprint density at radius 1 is 1.40 bits per heavy atom. The van der Waals surface area contributed by atoms with Crippen molar-refractivity contribution in [2.45, 2.75) is 39.0 Å². The molecule has 2 aromatic rings. The van der Waals surface area contributed by atoms with E-state index in [4.69, 9.17) is 9.15 Å². The Morgan fingerprint density at radius 3 is 2.84 bits per heavy atom. The molecule has 0 unspecified atom stereocenters. The summed E-state index contributed by atoms with van der Waals surface area (Å²) in [5.74, 6) is -0.734. The molecule has 0 radical (unpaired) electrons.